The van der Waals surface area contributed by atoms with E-state index in [9.17, 15) is 9.90 Å². The summed E-state index contributed by atoms with van der Waals surface area (Å²) in [5, 5.41) is 13.7. The van der Waals surface area contributed by atoms with Crippen LogP contribution in [0.2, 0.25) is 0 Å². The fourth-order valence-corrected chi connectivity index (χ4v) is 4.98. The molecule has 2 unspecified atom stereocenters. The fraction of sp³-hybridized carbons (Fsp3) is 0.346. The van der Waals surface area contributed by atoms with Crippen LogP contribution >= 0.6 is 0 Å². The van der Waals surface area contributed by atoms with Crippen LogP contribution in [-0.4, -0.2) is 30.0 Å². The molecule has 0 spiro atoms. The topological polar surface area (TPSA) is 68.0 Å². The summed E-state index contributed by atoms with van der Waals surface area (Å²) >= 11 is 0. The van der Waals surface area contributed by atoms with Gasteiger partial charge in [0, 0.05) is 35.3 Å². The quantitative estimate of drug-likeness (QED) is 0.644. The number of ether oxygens (including phenoxy) is 2. The minimum absolute atomic E-state index is 0.0574. The Bertz CT molecular complexity index is 1240. The van der Waals surface area contributed by atoms with Crippen LogP contribution in [0.5, 0.6) is 17.2 Å². The van der Waals surface area contributed by atoms with E-state index in [1.54, 1.807) is 19.3 Å². The third-order valence-electron chi connectivity index (χ3n) is 6.90. The van der Waals surface area contributed by atoms with Crippen molar-refractivity contribution >= 4 is 22.8 Å². The zero-order valence-electron chi connectivity index (χ0n) is 18.7. The molecule has 1 aromatic heterocycles. The number of piperidine rings is 1. The first-order valence-corrected chi connectivity index (χ1v) is 11.2. The largest absolute Gasteiger partial charge is 0.872 e. The molecule has 0 bridgehead atoms. The number of carbonyl (C=O) groups is 1. The predicted molar refractivity (Wildman–Crippen MR) is 121 cm³/mol. The molecule has 6 heteroatoms. The summed E-state index contributed by atoms with van der Waals surface area (Å²) in [5.74, 6) is 1.21. The van der Waals surface area contributed by atoms with Gasteiger partial charge in [-0.15, -0.1) is 0 Å². The van der Waals surface area contributed by atoms with Crippen molar-refractivity contribution in [1.29, 1.82) is 0 Å². The highest BCUT2D eigenvalue weighted by molar-refractivity contribution is 6.15. The SMILES string of the molecule is COc1ccc2c(c1)c(/C=C1/Oc3c(ccc([O-])c3C[NH+]3CCCCC3C)C1=O)cn2C. The van der Waals surface area contributed by atoms with Gasteiger partial charge in [-0.05, 0) is 56.5 Å². The van der Waals surface area contributed by atoms with Crippen LogP contribution < -0.4 is 19.5 Å². The van der Waals surface area contributed by atoms with Gasteiger partial charge in [-0.25, -0.2) is 0 Å². The lowest BCUT2D eigenvalue weighted by molar-refractivity contribution is -0.942. The highest BCUT2D eigenvalue weighted by Gasteiger charge is 2.32. The van der Waals surface area contributed by atoms with E-state index >= 15 is 0 Å². The summed E-state index contributed by atoms with van der Waals surface area (Å²) in [7, 11) is 3.60. The number of allylic oxidation sites excluding steroid dienone is 1. The van der Waals surface area contributed by atoms with Crippen LogP contribution in [-0.2, 0) is 13.6 Å². The number of hydrogen-bond acceptors (Lipinski definition) is 4. The Morgan fingerprint density at radius 1 is 1.28 bits per heavy atom. The van der Waals surface area contributed by atoms with Gasteiger partial charge in [-0.1, -0.05) is 11.8 Å². The van der Waals surface area contributed by atoms with Crippen LogP contribution in [0.25, 0.3) is 17.0 Å². The van der Waals surface area contributed by atoms with E-state index in [2.05, 4.69) is 6.92 Å². The van der Waals surface area contributed by atoms with Crippen LogP contribution in [0.3, 0.4) is 0 Å². The van der Waals surface area contributed by atoms with Gasteiger partial charge in [0.25, 0.3) is 0 Å². The van der Waals surface area contributed by atoms with Crippen molar-refractivity contribution in [3.05, 3.63) is 59.0 Å². The molecule has 3 heterocycles. The summed E-state index contributed by atoms with van der Waals surface area (Å²) in [6, 6.07) is 9.47. The van der Waals surface area contributed by atoms with Crippen molar-refractivity contribution in [2.24, 2.45) is 7.05 Å². The summed E-state index contributed by atoms with van der Waals surface area (Å²) in [5.41, 5.74) is 3.00. The Morgan fingerprint density at radius 3 is 2.91 bits per heavy atom. The number of Topliss-reactive ketones (excluding diaryl/α,β-unsaturated/α-hetero) is 1. The maximum absolute atomic E-state index is 13.2. The Morgan fingerprint density at radius 2 is 2.12 bits per heavy atom. The van der Waals surface area contributed by atoms with E-state index < -0.39 is 0 Å². The number of methoxy groups -OCH3 is 1. The molecule has 166 valence electrons. The van der Waals surface area contributed by atoms with Crippen molar-refractivity contribution in [2.75, 3.05) is 13.7 Å². The van der Waals surface area contributed by atoms with Crippen molar-refractivity contribution in [3.63, 3.8) is 0 Å². The van der Waals surface area contributed by atoms with Crippen LogP contribution in [0.4, 0.5) is 0 Å². The number of carbonyl (C=O) groups excluding carboxylic acids is 1. The lowest BCUT2D eigenvalue weighted by Crippen LogP contribution is -3.14. The molecule has 6 nitrogen and oxygen atoms in total. The zero-order chi connectivity index (χ0) is 22.4. The lowest BCUT2D eigenvalue weighted by Gasteiger charge is -2.31. The van der Waals surface area contributed by atoms with Crippen molar-refractivity contribution in [2.45, 2.75) is 38.8 Å². The maximum Gasteiger partial charge on any atom is 0.231 e. The Kier molecular flexibility index (Phi) is 5.18. The Labute approximate surface area is 187 Å². The van der Waals surface area contributed by atoms with E-state index in [1.807, 2.05) is 36.0 Å². The maximum atomic E-state index is 13.2. The Balaban J connectivity index is 1.52. The summed E-state index contributed by atoms with van der Waals surface area (Å²) in [6.45, 7) is 3.86. The molecule has 0 aliphatic carbocycles. The molecule has 1 saturated heterocycles. The van der Waals surface area contributed by atoms with Gasteiger partial charge in [-0.3, -0.25) is 4.79 Å². The first-order valence-electron chi connectivity index (χ1n) is 11.2. The summed E-state index contributed by atoms with van der Waals surface area (Å²) in [6.07, 6.45) is 7.30. The second kappa shape index (κ2) is 8.02. The molecule has 2 aliphatic heterocycles. The molecule has 0 radical (unpaired) electrons. The van der Waals surface area contributed by atoms with Crippen LogP contribution in [0.1, 0.15) is 47.7 Å². The van der Waals surface area contributed by atoms with E-state index in [0.29, 0.717) is 29.5 Å². The van der Waals surface area contributed by atoms with E-state index in [1.165, 1.54) is 23.8 Å². The van der Waals surface area contributed by atoms with E-state index in [0.717, 1.165) is 35.2 Å². The molecule has 5 rings (SSSR count). The van der Waals surface area contributed by atoms with Crippen molar-refractivity contribution < 1.29 is 24.3 Å². The average Bonchev–Trinajstić information content (AvgIpc) is 3.28. The number of nitrogens with one attached hydrogen (secondary N) is 1. The Hall–Kier alpha value is -3.25. The summed E-state index contributed by atoms with van der Waals surface area (Å²) in [4.78, 5) is 14.5. The van der Waals surface area contributed by atoms with Crippen molar-refractivity contribution in [1.82, 2.24) is 4.57 Å². The molecule has 2 atom stereocenters. The smallest absolute Gasteiger partial charge is 0.231 e. The molecule has 0 amide bonds. The van der Waals surface area contributed by atoms with E-state index in [-0.39, 0.29) is 17.3 Å². The van der Waals surface area contributed by atoms with Gasteiger partial charge in [0.2, 0.25) is 5.78 Å². The predicted octanol–water partition coefficient (Wildman–Crippen LogP) is 2.83. The van der Waals surface area contributed by atoms with Crippen LogP contribution in [0.15, 0.2) is 42.3 Å². The number of aromatic nitrogens is 1. The number of quaternary nitrogens is 1. The summed E-state index contributed by atoms with van der Waals surface area (Å²) < 4.78 is 13.5. The molecule has 2 aromatic carbocycles. The van der Waals surface area contributed by atoms with Crippen LogP contribution in [0, 0.1) is 0 Å². The van der Waals surface area contributed by atoms with Gasteiger partial charge in [0.05, 0.1) is 25.3 Å². The van der Waals surface area contributed by atoms with Gasteiger partial charge in [0.15, 0.2) is 5.76 Å². The number of ketones is 1. The highest BCUT2D eigenvalue weighted by atomic mass is 16.5. The normalized spacial score (nSPS) is 21.7. The molecular weight excluding hydrogens is 404 g/mol. The van der Waals surface area contributed by atoms with E-state index in [4.69, 9.17) is 9.47 Å². The number of likely N-dealkylation sites (tertiary alicyclic amines) is 1. The average molecular weight is 433 g/mol. The fourth-order valence-electron chi connectivity index (χ4n) is 4.98. The number of aryl methyl sites for hydroxylation is 1. The van der Waals surface area contributed by atoms with Gasteiger partial charge in [-0.2, -0.15) is 0 Å². The first-order chi connectivity index (χ1) is 15.5. The molecule has 32 heavy (non-hydrogen) atoms. The first kappa shape index (κ1) is 20.6. The number of hydrogen-bond donors (Lipinski definition) is 1. The monoisotopic (exact) mass is 432 g/mol. The van der Waals surface area contributed by atoms with Gasteiger partial charge >= 0.3 is 0 Å². The van der Waals surface area contributed by atoms with Gasteiger partial charge in [0.1, 0.15) is 18.0 Å². The highest BCUT2D eigenvalue weighted by Crippen LogP contribution is 2.39. The molecule has 3 aromatic rings. The second-order valence-electron chi connectivity index (χ2n) is 8.92. The van der Waals surface area contributed by atoms with Gasteiger partial charge < -0.3 is 24.0 Å². The lowest BCUT2D eigenvalue weighted by atomic mass is 10.0. The molecule has 2 aliphatic rings. The number of benzene rings is 2. The van der Waals surface area contributed by atoms with Crippen molar-refractivity contribution in [3.8, 4) is 17.2 Å². The minimum atomic E-state index is -0.178. The molecule has 1 fully saturated rings. The standard InChI is InChI=1S/C26H28N2O4/c1-16-6-4-5-11-28(16)15-21-23(29)10-8-19-25(30)24(32-26(19)21)12-17-14-27(2)22-9-7-18(31-3)13-20(17)22/h7-10,12-14,16,29H,4-6,11,15H2,1-3H3/b24-12+. The third-order valence-corrected chi connectivity index (χ3v) is 6.90. The molecule has 1 N–H and O–H groups in total. The molecular formula is C26H28N2O4. The third kappa shape index (κ3) is 3.45. The minimum Gasteiger partial charge on any atom is -0.872 e. The number of nitrogens with zero attached hydrogens (tertiary/aromatic N) is 1. The second-order valence-corrected chi connectivity index (χ2v) is 8.92. The number of rotatable bonds is 4. The molecule has 0 saturated carbocycles. The zero-order valence-corrected chi connectivity index (χ0v) is 18.7. The number of fused-ring (bicyclic) bond motifs is 2.